The zero-order valence-electron chi connectivity index (χ0n) is 8.63. The van der Waals surface area contributed by atoms with Gasteiger partial charge in [0.15, 0.2) is 0 Å². The Morgan fingerprint density at radius 2 is 2.08 bits per heavy atom. The Bertz CT molecular complexity index is 176. The van der Waals surface area contributed by atoms with E-state index >= 15 is 0 Å². The summed E-state index contributed by atoms with van der Waals surface area (Å²) in [6, 6.07) is 0. The van der Waals surface area contributed by atoms with Gasteiger partial charge in [-0.3, -0.25) is 0 Å². The van der Waals surface area contributed by atoms with Gasteiger partial charge in [0.2, 0.25) is 0 Å². The van der Waals surface area contributed by atoms with Crippen molar-refractivity contribution in [1.82, 2.24) is 0 Å². The lowest BCUT2D eigenvalue weighted by atomic mass is 9.77. The molecule has 0 saturated heterocycles. The minimum atomic E-state index is 0.310. The zero-order chi connectivity index (χ0) is 9.35. The maximum absolute atomic E-state index is 10.8. The van der Waals surface area contributed by atoms with Gasteiger partial charge in [-0.05, 0) is 23.7 Å². The normalized spacial score (nSPS) is 47.8. The van der Waals surface area contributed by atoms with E-state index in [1.165, 1.54) is 6.42 Å². The fraction of sp³-hybridized carbons (Fsp3) is 0.909. The van der Waals surface area contributed by atoms with Crippen molar-refractivity contribution < 1.29 is 4.79 Å². The summed E-state index contributed by atoms with van der Waals surface area (Å²) in [5.74, 6) is 1.58. The van der Waals surface area contributed by atoms with Gasteiger partial charge in [-0.25, -0.2) is 0 Å². The van der Waals surface area contributed by atoms with Crippen molar-refractivity contribution in [1.29, 1.82) is 0 Å². The molecule has 12 heavy (non-hydrogen) atoms. The Morgan fingerprint density at radius 1 is 1.50 bits per heavy atom. The van der Waals surface area contributed by atoms with Crippen molar-refractivity contribution in [3.05, 3.63) is 0 Å². The molecule has 0 N–H and O–H groups in total. The van der Waals surface area contributed by atoms with Crippen LogP contribution >= 0.6 is 0 Å². The molecule has 4 atom stereocenters. The second-order valence-electron chi connectivity index (χ2n) is 4.66. The largest absolute Gasteiger partial charge is 0.303 e. The third-order valence-electron chi connectivity index (χ3n) is 4.25. The van der Waals surface area contributed by atoms with Crippen molar-refractivity contribution in [2.24, 2.45) is 23.2 Å². The molecule has 1 saturated carbocycles. The molecule has 1 heteroatoms. The molecule has 0 aromatic heterocycles. The predicted octanol–water partition coefficient (Wildman–Crippen LogP) is 2.89. The van der Waals surface area contributed by atoms with Crippen molar-refractivity contribution in [2.45, 2.75) is 40.5 Å². The Balaban J connectivity index is 2.79. The molecule has 1 unspecified atom stereocenters. The van der Waals surface area contributed by atoms with Crippen LogP contribution in [0.5, 0.6) is 0 Å². The summed E-state index contributed by atoms with van der Waals surface area (Å²) >= 11 is 0. The number of hydrogen-bond acceptors (Lipinski definition) is 1. The van der Waals surface area contributed by atoms with Gasteiger partial charge in [0.25, 0.3) is 0 Å². The number of aldehydes is 1. The fourth-order valence-corrected chi connectivity index (χ4v) is 2.55. The molecule has 1 fully saturated rings. The molecule has 0 aromatic rings. The minimum absolute atomic E-state index is 0.310. The van der Waals surface area contributed by atoms with Crippen molar-refractivity contribution in [3.8, 4) is 0 Å². The molecule has 0 bridgehead atoms. The molecule has 1 aliphatic rings. The van der Waals surface area contributed by atoms with Crippen molar-refractivity contribution >= 4 is 6.29 Å². The first kappa shape index (κ1) is 9.76. The standard InChI is InChI=1S/C11H20O/c1-5-11(4)6-10(7-12)8(2)9(11)3/h7-10H,5-6H2,1-4H3/t8-,9-,10?,11-/m0/s1. The third kappa shape index (κ3) is 1.30. The van der Waals surface area contributed by atoms with E-state index < -0.39 is 0 Å². The van der Waals surface area contributed by atoms with Crippen LogP contribution in [-0.2, 0) is 4.79 Å². The van der Waals surface area contributed by atoms with E-state index in [1.54, 1.807) is 0 Å². The number of rotatable bonds is 2. The Kier molecular flexibility index (Phi) is 2.60. The van der Waals surface area contributed by atoms with Crippen LogP contribution in [0.1, 0.15) is 40.5 Å². The van der Waals surface area contributed by atoms with E-state index in [-0.39, 0.29) is 0 Å². The van der Waals surface area contributed by atoms with Gasteiger partial charge in [-0.1, -0.05) is 34.1 Å². The summed E-state index contributed by atoms with van der Waals surface area (Å²) in [5, 5.41) is 0. The van der Waals surface area contributed by atoms with Gasteiger partial charge in [-0.15, -0.1) is 0 Å². The molecule has 1 aliphatic carbocycles. The van der Waals surface area contributed by atoms with Crippen molar-refractivity contribution in [3.63, 3.8) is 0 Å². The maximum atomic E-state index is 10.8. The van der Waals surface area contributed by atoms with Gasteiger partial charge in [0.1, 0.15) is 6.29 Å². The molecule has 0 aliphatic heterocycles. The van der Waals surface area contributed by atoms with Gasteiger partial charge < -0.3 is 4.79 Å². The second kappa shape index (κ2) is 3.20. The quantitative estimate of drug-likeness (QED) is 0.579. The Labute approximate surface area is 75.5 Å². The molecule has 0 radical (unpaired) electrons. The minimum Gasteiger partial charge on any atom is -0.303 e. The highest BCUT2D eigenvalue weighted by molar-refractivity contribution is 5.55. The molecule has 1 nitrogen and oxygen atoms in total. The van der Waals surface area contributed by atoms with E-state index in [9.17, 15) is 4.79 Å². The van der Waals surface area contributed by atoms with Crippen LogP contribution in [0.3, 0.4) is 0 Å². The van der Waals surface area contributed by atoms with Gasteiger partial charge in [0.05, 0.1) is 0 Å². The summed E-state index contributed by atoms with van der Waals surface area (Å²) in [6.07, 6.45) is 3.44. The number of hydrogen-bond donors (Lipinski definition) is 0. The smallest absolute Gasteiger partial charge is 0.123 e. The van der Waals surface area contributed by atoms with Crippen LogP contribution < -0.4 is 0 Å². The molecule has 1 rings (SSSR count). The number of carbonyl (C=O) groups excluding carboxylic acids is 1. The average Bonchev–Trinajstić information content (AvgIpc) is 2.31. The zero-order valence-corrected chi connectivity index (χ0v) is 8.63. The lowest BCUT2D eigenvalue weighted by molar-refractivity contribution is -0.112. The van der Waals surface area contributed by atoms with Crippen LogP contribution in [0.4, 0.5) is 0 Å². The van der Waals surface area contributed by atoms with Crippen LogP contribution in [-0.4, -0.2) is 6.29 Å². The second-order valence-corrected chi connectivity index (χ2v) is 4.66. The van der Waals surface area contributed by atoms with Gasteiger partial charge >= 0.3 is 0 Å². The molecular weight excluding hydrogens is 148 g/mol. The van der Waals surface area contributed by atoms with Gasteiger partial charge in [0, 0.05) is 5.92 Å². The summed E-state index contributed by atoms with van der Waals surface area (Å²) in [4.78, 5) is 10.8. The highest BCUT2D eigenvalue weighted by atomic mass is 16.1. The van der Waals surface area contributed by atoms with Crippen LogP contribution in [0, 0.1) is 23.2 Å². The maximum Gasteiger partial charge on any atom is 0.123 e. The fourth-order valence-electron chi connectivity index (χ4n) is 2.55. The molecular formula is C11H20O. The Hall–Kier alpha value is -0.330. The third-order valence-corrected chi connectivity index (χ3v) is 4.25. The monoisotopic (exact) mass is 168 g/mol. The van der Waals surface area contributed by atoms with Crippen LogP contribution in [0.2, 0.25) is 0 Å². The highest BCUT2D eigenvalue weighted by Gasteiger charge is 2.44. The SMILES string of the molecule is CC[C@@]1(C)CC(C=O)[C@@H](C)[C@@H]1C. The molecule has 0 heterocycles. The first-order chi connectivity index (χ1) is 5.55. The lowest BCUT2D eigenvalue weighted by Gasteiger charge is -2.28. The summed E-state index contributed by atoms with van der Waals surface area (Å²) < 4.78 is 0. The molecule has 70 valence electrons. The number of carbonyl (C=O) groups is 1. The predicted molar refractivity (Wildman–Crippen MR) is 50.9 cm³/mol. The van der Waals surface area contributed by atoms with E-state index in [4.69, 9.17) is 0 Å². The summed E-state index contributed by atoms with van der Waals surface area (Å²) in [5.41, 5.74) is 0.408. The van der Waals surface area contributed by atoms with E-state index in [1.807, 2.05) is 0 Å². The first-order valence-electron chi connectivity index (χ1n) is 5.00. The van der Waals surface area contributed by atoms with E-state index in [0.29, 0.717) is 23.2 Å². The van der Waals surface area contributed by atoms with E-state index in [2.05, 4.69) is 27.7 Å². The molecule has 0 amide bonds. The highest BCUT2D eigenvalue weighted by Crippen LogP contribution is 2.50. The molecule has 0 aromatic carbocycles. The van der Waals surface area contributed by atoms with Crippen molar-refractivity contribution in [2.75, 3.05) is 0 Å². The van der Waals surface area contributed by atoms with Crippen LogP contribution in [0.25, 0.3) is 0 Å². The summed E-state index contributed by atoms with van der Waals surface area (Å²) in [7, 11) is 0. The van der Waals surface area contributed by atoms with Gasteiger partial charge in [-0.2, -0.15) is 0 Å². The van der Waals surface area contributed by atoms with Crippen LogP contribution in [0.15, 0.2) is 0 Å². The first-order valence-corrected chi connectivity index (χ1v) is 5.00. The lowest BCUT2D eigenvalue weighted by Crippen LogP contribution is -2.20. The average molecular weight is 168 g/mol. The Morgan fingerprint density at radius 3 is 2.33 bits per heavy atom. The topological polar surface area (TPSA) is 17.1 Å². The summed E-state index contributed by atoms with van der Waals surface area (Å²) in [6.45, 7) is 9.05. The molecule has 0 spiro atoms. The van der Waals surface area contributed by atoms with E-state index in [0.717, 1.165) is 12.7 Å².